The maximum atomic E-state index is 12.6. The quantitative estimate of drug-likeness (QED) is 0.197. The summed E-state index contributed by atoms with van der Waals surface area (Å²) in [4.78, 5) is 37.2. The number of oxime groups is 1. The summed E-state index contributed by atoms with van der Waals surface area (Å²) in [5.41, 5.74) is 2.34. The SMILES string of the molecule is Cc1cccc(/C(CC2CC(C(=O)NCC(O)C(=O)NC3CC3)N(C=O)C2)=N/O)c1. The highest BCUT2D eigenvalue weighted by Gasteiger charge is 2.37. The molecule has 0 radical (unpaired) electrons. The van der Waals surface area contributed by atoms with Crippen LogP contribution in [0.2, 0.25) is 0 Å². The molecule has 4 N–H and O–H groups in total. The molecule has 3 amide bonds. The fourth-order valence-electron chi connectivity index (χ4n) is 3.72. The normalized spacial score (nSPS) is 22.5. The van der Waals surface area contributed by atoms with Gasteiger partial charge in [0.15, 0.2) is 0 Å². The standard InChI is InChI=1S/C21H28N4O5/c1-13-3-2-4-15(7-13)17(24-30)8-14-9-18(25(11-14)12-26)20(28)22-10-19(27)21(29)23-16-5-6-16/h2-4,7,12,14,16,18-19,27,30H,5-6,8-11H2,1H3,(H,22,28)(H,23,29)/b24-17+. The van der Waals surface area contributed by atoms with E-state index >= 15 is 0 Å². The molecule has 0 spiro atoms. The number of aliphatic hydroxyl groups is 1. The number of amides is 3. The van der Waals surface area contributed by atoms with Gasteiger partial charge in [0.25, 0.3) is 5.91 Å². The molecular formula is C21H28N4O5. The summed E-state index contributed by atoms with van der Waals surface area (Å²) in [6, 6.07) is 7.03. The van der Waals surface area contributed by atoms with Crippen molar-refractivity contribution in [3.05, 3.63) is 35.4 Å². The summed E-state index contributed by atoms with van der Waals surface area (Å²) >= 11 is 0. The molecule has 1 aromatic carbocycles. The van der Waals surface area contributed by atoms with E-state index < -0.39 is 24.0 Å². The van der Waals surface area contributed by atoms with E-state index in [1.54, 1.807) is 0 Å². The van der Waals surface area contributed by atoms with Gasteiger partial charge in [-0.3, -0.25) is 14.4 Å². The second-order valence-corrected chi connectivity index (χ2v) is 8.08. The van der Waals surface area contributed by atoms with Crippen LogP contribution in [-0.4, -0.2) is 70.4 Å². The first kappa shape index (κ1) is 21.8. The van der Waals surface area contributed by atoms with Crippen molar-refractivity contribution in [2.24, 2.45) is 11.1 Å². The van der Waals surface area contributed by atoms with Gasteiger partial charge in [-0.15, -0.1) is 0 Å². The molecule has 1 saturated heterocycles. The number of nitrogens with zero attached hydrogens (tertiary/aromatic N) is 2. The Bertz CT molecular complexity index is 823. The molecule has 2 fully saturated rings. The predicted molar refractivity (Wildman–Crippen MR) is 109 cm³/mol. The second kappa shape index (κ2) is 9.71. The Kier molecular flexibility index (Phi) is 7.04. The molecule has 3 atom stereocenters. The lowest BCUT2D eigenvalue weighted by Gasteiger charge is -2.20. The van der Waals surface area contributed by atoms with Crippen molar-refractivity contribution < 1.29 is 24.7 Å². The molecule has 1 heterocycles. The smallest absolute Gasteiger partial charge is 0.250 e. The lowest BCUT2D eigenvalue weighted by molar-refractivity contribution is -0.133. The number of hydrogen-bond donors (Lipinski definition) is 4. The molecule has 0 aromatic heterocycles. The number of benzene rings is 1. The van der Waals surface area contributed by atoms with E-state index in [-0.39, 0.29) is 18.5 Å². The molecule has 3 unspecified atom stereocenters. The average Bonchev–Trinajstić information content (AvgIpc) is 3.45. The van der Waals surface area contributed by atoms with E-state index in [4.69, 9.17) is 0 Å². The lowest BCUT2D eigenvalue weighted by atomic mass is 9.94. The van der Waals surface area contributed by atoms with E-state index in [1.807, 2.05) is 31.2 Å². The van der Waals surface area contributed by atoms with Gasteiger partial charge >= 0.3 is 0 Å². The van der Waals surface area contributed by atoms with Crippen LogP contribution in [0.5, 0.6) is 0 Å². The summed E-state index contributed by atoms with van der Waals surface area (Å²) in [5, 5.41) is 28.0. The Morgan fingerprint density at radius 3 is 2.77 bits per heavy atom. The van der Waals surface area contributed by atoms with Gasteiger partial charge < -0.3 is 25.8 Å². The van der Waals surface area contributed by atoms with Gasteiger partial charge in [0.1, 0.15) is 12.1 Å². The first-order valence-electron chi connectivity index (χ1n) is 10.2. The van der Waals surface area contributed by atoms with Crippen LogP contribution in [0.15, 0.2) is 29.4 Å². The minimum absolute atomic E-state index is 0.0551. The Labute approximate surface area is 175 Å². The largest absolute Gasteiger partial charge is 0.411 e. The molecule has 2 aliphatic rings. The third kappa shape index (κ3) is 5.56. The van der Waals surface area contributed by atoms with E-state index in [9.17, 15) is 24.7 Å². The fourth-order valence-corrected chi connectivity index (χ4v) is 3.72. The Morgan fingerprint density at radius 2 is 2.13 bits per heavy atom. The molecule has 0 bridgehead atoms. The van der Waals surface area contributed by atoms with Crippen molar-refractivity contribution in [3.8, 4) is 0 Å². The van der Waals surface area contributed by atoms with Crippen LogP contribution < -0.4 is 10.6 Å². The van der Waals surface area contributed by atoms with E-state index in [0.29, 0.717) is 31.5 Å². The zero-order valence-corrected chi connectivity index (χ0v) is 17.0. The van der Waals surface area contributed by atoms with Crippen molar-refractivity contribution in [1.29, 1.82) is 0 Å². The van der Waals surface area contributed by atoms with Gasteiger partial charge in [-0.25, -0.2) is 0 Å². The minimum atomic E-state index is -1.33. The monoisotopic (exact) mass is 416 g/mol. The van der Waals surface area contributed by atoms with Gasteiger partial charge in [-0.2, -0.15) is 0 Å². The second-order valence-electron chi connectivity index (χ2n) is 8.08. The number of aliphatic hydroxyl groups excluding tert-OH is 1. The van der Waals surface area contributed by atoms with Crippen molar-refractivity contribution in [1.82, 2.24) is 15.5 Å². The number of hydrogen-bond acceptors (Lipinski definition) is 6. The summed E-state index contributed by atoms with van der Waals surface area (Å²) in [6.07, 6.45) is 1.93. The van der Waals surface area contributed by atoms with Gasteiger partial charge in [0.05, 0.1) is 12.3 Å². The molecule has 1 aliphatic heterocycles. The van der Waals surface area contributed by atoms with Gasteiger partial charge in [-0.1, -0.05) is 35.0 Å². The minimum Gasteiger partial charge on any atom is -0.411 e. The first-order valence-corrected chi connectivity index (χ1v) is 10.2. The number of aryl methyl sites for hydroxylation is 1. The fraction of sp³-hybridized carbons (Fsp3) is 0.524. The van der Waals surface area contributed by atoms with Crippen molar-refractivity contribution in [2.45, 2.75) is 50.8 Å². The zero-order chi connectivity index (χ0) is 21.7. The zero-order valence-electron chi connectivity index (χ0n) is 17.0. The van der Waals surface area contributed by atoms with E-state index in [2.05, 4.69) is 15.8 Å². The number of carbonyl (C=O) groups is 3. The molecule has 1 aromatic rings. The molecule has 9 nitrogen and oxygen atoms in total. The maximum absolute atomic E-state index is 12.6. The van der Waals surface area contributed by atoms with Crippen molar-refractivity contribution in [3.63, 3.8) is 0 Å². The molecule has 3 rings (SSSR count). The van der Waals surface area contributed by atoms with Crippen LogP contribution in [0.25, 0.3) is 0 Å². The number of likely N-dealkylation sites (tertiary alicyclic amines) is 1. The molecule has 1 saturated carbocycles. The van der Waals surface area contributed by atoms with Gasteiger partial charge in [0.2, 0.25) is 12.3 Å². The van der Waals surface area contributed by atoms with Crippen LogP contribution >= 0.6 is 0 Å². The molecular weight excluding hydrogens is 388 g/mol. The molecule has 30 heavy (non-hydrogen) atoms. The third-order valence-electron chi connectivity index (χ3n) is 5.51. The van der Waals surface area contributed by atoms with Crippen molar-refractivity contribution >= 4 is 23.9 Å². The summed E-state index contributed by atoms with van der Waals surface area (Å²) in [7, 11) is 0. The topological polar surface area (TPSA) is 131 Å². The van der Waals surface area contributed by atoms with Crippen LogP contribution in [0, 0.1) is 12.8 Å². The van der Waals surface area contributed by atoms with E-state index in [0.717, 1.165) is 24.0 Å². The first-order chi connectivity index (χ1) is 14.4. The van der Waals surface area contributed by atoms with E-state index in [1.165, 1.54) is 4.90 Å². The number of carbonyl (C=O) groups excluding carboxylic acids is 3. The van der Waals surface area contributed by atoms with Gasteiger partial charge in [-0.05, 0) is 44.1 Å². The maximum Gasteiger partial charge on any atom is 0.250 e. The average molecular weight is 416 g/mol. The molecule has 162 valence electrons. The lowest BCUT2D eigenvalue weighted by Crippen LogP contribution is -2.48. The highest BCUT2D eigenvalue weighted by molar-refractivity contribution is 6.00. The summed E-state index contributed by atoms with van der Waals surface area (Å²) < 4.78 is 0. The Balaban J connectivity index is 1.54. The van der Waals surface area contributed by atoms with Crippen LogP contribution in [0.3, 0.4) is 0 Å². The highest BCUT2D eigenvalue weighted by Crippen LogP contribution is 2.27. The predicted octanol–water partition coefficient (Wildman–Crippen LogP) is 0.166. The van der Waals surface area contributed by atoms with Crippen LogP contribution in [0.1, 0.15) is 36.8 Å². The summed E-state index contributed by atoms with van der Waals surface area (Å²) in [6.45, 7) is 2.09. The van der Waals surface area contributed by atoms with Gasteiger partial charge in [0, 0.05) is 12.6 Å². The third-order valence-corrected chi connectivity index (χ3v) is 5.51. The molecule has 1 aliphatic carbocycles. The van der Waals surface area contributed by atoms with Crippen LogP contribution in [0.4, 0.5) is 0 Å². The number of rotatable bonds is 9. The van der Waals surface area contributed by atoms with Crippen molar-refractivity contribution in [2.75, 3.05) is 13.1 Å². The van der Waals surface area contributed by atoms with Crippen LogP contribution in [-0.2, 0) is 14.4 Å². The Hall–Kier alpha value is -2.94. The highest BCUT2D eigenvalue weighted by atomic mass is 16.4. The Morgan fingerprint density at radius 1 is 1.37 bits per heavy atom. The molecule has 9 heteroatoms. The number of nitrogens with one attached hydrogen (secondary N) is 2. The summed E-state index contributed by atoms with van der Waals surface area (Å²) in [5.74, 6) is -0.974.